The van der Waals surface area contributed by atoms with Crippen molar-refractivity contribution >= 4 is 55.9 Å². The topological polar surface area (TPSA) is 81.1 Å². The van der Waals surface area contributed by atoms with E-state index in [4.69, 9.17) is 17.0 Å². The summed E-state index contributed by atoms with van der Waals surface area (Å²) >= 11 is 8.63. The van der Waals surface area contributed by atoms with Crippen LogP contribution < -0.4 is 15.4 Å². The normalized spacial score (nSPS) is 10.6. The van der Waals surface area contributed by atoms with Crippen LogP contribution in [0.2, 0.25) is 0 Å². The van der Waals surface area contributed by atoms with Crippen LogP contribution in [0.3, 0.4) is 0 Å². The van der Waals surface area contributed by atoms with Crippen LogP contribution in [0.4, 0.5) is 5.69 Å². The zero-order valence-electron chi connectivity index (χ0n) is 16.5. The smallest absolute Gasteiger partial charge is 0.257 e. The number of anilines is 1. The molecule has 0 spiro atoms. The molecule has 9 heteroatoms. The molecule has 156 valence electrons. The van der Waals surface area contributed by atoms with Gasteiger partial charge in [0.1, 0.15) is 16.8 Å². The van der Waals surface area contributed by atoms with Crippen molar-refractivity contribution in [3.63, 3.8) is 0 Å². The third-order valence-electron chi connectivity index (χ3n) is 4.33. The Labute approximate surface area is 192 Å². The van der Waals surface area contributed by atoms with Crippen molar-refractivity contribution in [3.05, 3.63) is 76.8 Å². The number of thiocarbonyl (C=S) groups is 1. The summed E-state index contributed by atoms with van der Waals surface area (Å²) in [6, 6.07) is 20.1. The second kappa shape index (κ2) is 9.23. The van der Waals surface area contributed by atoms with Crippen LogP contribution in [-0.4, -0.2) is 32.6 Å². The van der Waals surface area contributed by atoms with E-state index in [1.165, 1.54) is 0 Å². The van der Waals surface area contributed by atoms with E-state index >= 15 is 0 Å². The van der Waals surface area contributed by atoms with Crippen LogP contribution in [0.1, 0.15) is 17.3 Å². The number of hydrogen-bond donors (Lipinski definition) is 2. The average molecular weight is 496 g/mol. The van der Waals surface area contributed by atoms with Crippen molar-refractivity contribution in [2.75, 3.05) is 11.9 Å². The molecular formula is C22H18BrN5O2S. The number of rotatable bonds is 5. The number of fused-ring (bicyclic) bond motifs is 1. The summed E-state index contributed by atoms with van der Waals surface area (Å²) in [5.74, 6) is 0.509. The molecule has 0 aliphatic carbocycles. The first-order chi connectivity index (χ1) is 15.0. The Morgan fingerprint density at radius 1 is 1.06 bits per heavy atom. The third-order valence-corrected chi connectivity index (χ3v) is 5.03. The molecule has 0 atom stereocenters. The Hall–Kier alpha value is -3.30. The summed E-state index contributed by atoms with van der Waals surface area (Å²) in [4.78, 5) is 13.9. The van der Waals surface area contributed by atoms with Gasteiger partial charge in [0.25, 0.3) is 5.91 Å². The van der Waals surface area contributed by atoms with Crippen molar-refractivity contribution in [2.24, 2.45) is 0 Å². The molecule has 0 unspecified atom stereocenters. The number of halogens is 1. The second-order valence-corrected chi connectivity index (χ2v) is 7.86. The number of carbonyl (C=O) groups is 1. The number of aromatic nitrogens is 3. The Bertz CT molecular complexity index is 1260. The van der Waals surface area contributed by atoms with Crippen LogP contribution in [-0.2, 0) is 0 Å². The van der Waals surface area contributed by atoms with Crippen LogP contribution >= 0.6 is 28.1 Å². The Morgan fingerprint density at radius 3 is 2.58 bits per heavy atom. The molecule has 4 rings (SSSR count). The molecular weight excluding hydrogens is 478 g/mol. The minimum Gasteiger partial charge on any atom is -0.494 e. The highest BCUT2D eigenvalue weighted by molar-refractivity contribution is 9.10. The van der Waals surface area contributed by atoms with Gasteiger partial charge in [-0.05, 0) is 79.8 Å². The summed E-state index contributed by atoms with van der Waals surface area (Å²) in [7, 11) is 0. The van der Waals surface area contributed by atoms with Gasteiger partial charge in [-0.25, -0.2) is 0 Å². The number of hydrogen-bond acceptors (Lipinski definition) is 5. The van der Waals surface area contributed by atoms with Gasteiger partial charge in [0.2, 0.25) is 0 Å². The summed E-state index contributed by atoms with van der Waals surface area (Å²) in [6.07, 6.45) is 0. The fourth-order valence-corrected chi connectivity index (χ4v) is 3.53. The molecule has 1 amide bonds. The van der Waals surface area contributed by atoms with E-state index in [0.717, 1.165) is 21.4 Å². The minimum atomic E-state index is -0.290. The maximum Gasteiger partial charge on any atom is 0.257 e. The predicted octanol–water partition coefficient (Wildman–Crippen LogP) is 4.71. The van der Waals surface area contributed by atoms with Crippen LogP contribution in [0.25, 0.3) is 16.7 Å². The lowest BCUT2D eigenvalue weighted by Gasteiger charge is -2.09. The first-order valence-corrected chi connectivity index (χ1v) is 10.7. The van der Waals surface area contributed by atoms with Gasteiger partial charge in [-0.15, -0.1) is 10.2 Å². The Morgan fingerprint density at radius 2 is 1.84 bits per heavy atom. The standard InChI is InChI=1S/C22H18BrN5O2S/c1-2-30-18-9-7-17(8-10-18)28-26-19-11-6-16(13-20(19)27-28)24-22(31)25-21(29)14-4-3-5-15(23)12-14/h3-13H,2H2,1H3,(H2,24,25,29,31). The molecule has 0 fully saturated rings. The van der Waals surface area contributed by atoms with Crippen molar-refractivity contribution in [2.45, 2.75) is 6.92 Å². The van der Waals surface area contributed by atoms with Gasteiger partial charge in [-0.3, -0.25) is 10.1 Å². The first-order valence-electron chi connectivity index (χ1n) is 9.50. The van der Waals surface area contributed by atoms with Crippen LogP contribution in [0, 0.1) is 0 Å². The van der Waals surface area contributed by atoms with Gasteiger partial charge in [0.05, 0.1) is 12.3 Å². The van der Waals surface area contributed by atoms with Gasteiger partial charge < -0.3 is 10.1 Å². The quantitative estimate of drug-likeness (QED) is 0.390. The maximum atomic E-state index is 12.3. The van der Waals surface area contributed by atoms with Crippen LogP contribution in [0.5, 0.6) is 5.75 Å². The molecule has 0 bridgehead atoms. The molecule has 0 saturated heterocycles. The Balaban J connectivity index is 1.46. The number of ether oxygens (including phenoxy) is 1. The second-order valence-electron chi connectivity index (χ2n) is 6.54. The highest BCUT2D eigenvalue weighted by atomic mass is 79.9. The van der Waals surface area contributed by atoms with Crippen LogP contribution in [0.15, 0.2) is 71.2 Å². The molecule has 1 aromatic heterocycles. The molecule has 0 radical (unpaired) electrons. The van der Waals surface area contributed by atoms with E-state index in [2.05, 4.69) is 36.8 Å². The lowest BCUT2D eigenvalue weighted by atomic mass is 10.2. The average Bonchev–Trinajstić information content (AvgIpc) is 3.18. The highest BCUT2D eigenvalue weighted by Crippen LogP contribution is 2.19. The lowest BCUT2D eigenvalue weighted by Crippen LogP contribution is -2.34. The SMILES string of the molecule is CCOc1ccc(-n2nc3ccc(NC(=S)NC(=O)c4cccc(Br)c4)cc3n2)cc1. The first kappa shape index (κ1) is 21.0. The summed E-state index contributed by atoms with van der Waals surface area (Å²) in [5.41, 5.74) is 3.47. The number of nitrogens with zero attached hydrogens (tertiary/aromatic N) is 3. The molecule has 4 aromatic rings. The van der Waals surface area contributed by atoms with Crippen molar-refractivity contribution < 1.29 is 9.53 Å². The van der Waals surface area contributed by atoms with Crippen molar-refractivity contribution in [1.29, 1.82) is 0 Å². The molecule has 31 heavy (non-hydrogen) atoms. The number of benzene rings is 3. The third kappa shape index (κ3) is 5.07. The number of amides is 1. The highest BCUT2D eigenvalue weighted by Gasteiger charge is 2.10. The van der Waals surface area contributed by atoms with E-state index in [-0.39, 0.29) is 11.0 Å². The molecule has 1 heterocycles. The van der Waals surface area contributed by atoms with Gasteiger partial charge in [0, 0.05) is 15.7 Å². The van der Waals surface area contributed by atoms with Gasteiger partial charge in [-0.1, -0.05) is 22.0 Å². The fraction of sp³-hybridized carbons (Fsp3) is 0.0909. The molecule has 0 aliphatic heterocycles. The Kier molecular flexibility index (Phi) is 6.24. The zero-order valence-corrected chi connectivity index (χ0v) is 18.9. The van der Waals surface area contributed by atoms with Crippen molar-refractivity contribution in [3.8, 4) is 11.4 Å². The number of nitrogens with one attached hydrogen (secondary N) is 2. The summed E-state index contributed by atoms with van der Waals surface area (Å²) in [5, 5.41) is 14.9. The van der Waals surface area contributed by atoms with E-state index in [1.54, 1.807) is 23.0 Å². The number of carbonyl (C=O) groups excluding carboxylic acids is 1. The molecule has 2 N–H and O–H groups in total. The van der Waals surface area contributed by atoms with Gasteiger partial charge in [-0.2, -0.15) is 4.80 Å². The molecule has 0 aliphatic rings. The van der Waals surface area contributed by atoms with Crippen molar-refractivity contribution in [1.82, 2.24) is 20.3 Å². The predicted molar refractivity (Wildman–Crippen MR) is 128 cm³/mol. The molecule has 0 saturated carbocycles. The van der Waals surface area contributed by atoms with E-state index in [1.807, 2.05) is 55.5 Å². The van der Waals surface area contributed by atoms with E-state index < -0.39 is 0 Å². The lowest BCUT2D eigenvalue weighted by molar-refractivity contribution is 0.0977. The fourth-order valence-electron chi connectivity index (χ4n) is 2.92. The van der Waals surface area contributed by atoms with E-state index in [0.29, 0.717) is 23.4 Å². The largest absolute Gasteiger partial charge is 0.494 e. The van der Waals surface area contributed by atoms with E-state index in [9.17, 15) is 4.79 Å². The minimum absolute atomic E-state index is 0.197. The van der Waals surface area contributed by atoms with Gasteiger partial charge in [0.15, 0.2) is 5.11 Å². The van der Waals surface area contributed by atoms with Gasteiger partial charge >= 0.3 is 0 Å². The molecule has 7 nitrogen and oxygen atoms in total. The summed E-state index contributed by atoms with van der Waals surface area (Å²) < 4.78 is 6.29. The monoisotopic (exact) mass is 495 g/mol. The maximum absolute atomic E-state index is 12.3. The molecule has 3 aromatic carbocycles. The zero-order chi connectivity index (χ0) is 21.8. The summed E-state index contributed by atoms with van der Waals surface area (Å²) in [6.45, 7) is 2.56.